The van der Waals surface area contributed by atoms with Gasteiger partial charge in [0.05, 0.1) is 5.92 Å². The van der Waals surface area contributed by atoms with Gasteiger partial charge in [-0.3, -0.25) is 25.2 Å². The number of amides is 2. The Labute approximate surface area is 169 Å². The lowest BCUT2D eigenvalue weighted by Gasteiger charge is -2.21. The van der Waals surface area contributed by atoms with Crippen LogP contribution in [0.4, 0.5) is 0 Å². The quantitative estimate of drug-likeness (QED) is 0.548. The Morgan fingerprint density at radius 3 is 2.25 bits per heavy atom. The Bertz CT molecular complexity index is 809. The molecule has 0 radical (unpaired) electrons. The number of carbonyl (C=O) groups excluding carboxylic acids is 3. The molecule has 6 nitrogen and oxygen atoms in total. The predicted octanol–water partition coefficient (Wildman–Crippen LogP) is 3.47. The molecule has 0 saturated carbocycles. The maximum absolute atomic E-state index is 12.5. The smallest absolute Gasteiger partial charge is 0.314 e. The van der Waals surface area contributed by atoms with E-state index in [2.05, 4.69) is 10.9 Å². The number of carbonyl (C=O) groups is 3. The number of nitrogens with one attached hydrogen (secondary N) is 2. The molecule has 0 aliphatic rings. The lowest BCUT2D eigenvalue weighted by molar-refractivity contribution is -0.151. The first-order valence-corrected chi connectivity index (χ1v) is 9.36. The first kappa shape index (κ1) is 21.4. The average Bonchev–Trinajstić information content (AvgIpc) is 2.71. The molecule has 7 heteroatoms. The third-order valence-electron chi connectivity index (χ3n) is 4.39. The minimum absolute atomic E-state index is 0.0579. The number of benzene rings is 2. The highest BCUT2D eigenvalue weighted by molar-refractivity contribution is 6.30. The molecule has 28 heavy (non-hydrogen) atoms. The van der Waals surface area contributed by atoms with Crippen LogP contribution < -0.4 is 10.9 Å². The third-order valence-corrected chi connectivity index (χ3v) is 4.64. The molecule has 2 amide bonds. The van der Waals surface area contributed by atoms with Gasteiger partial charge in [-0.1, -0.05) is 62.2 Å². The van der Waals surface area contributed by atoms with E-state index in [1.165, 1.54) is 12.1 Å². The number of ether oxygens (including phenoxy) is 1. The molecule has 148 valence electrons. The summed E-state index contributed by atoms with van der Waals surface area (Å²) in [4.78, 5) is 36.4. The largest absolute Gasteiger partial charge is 0.455 e. The van der Waals surface area contributed by atoms with Crippen molar-refractivity contribution >= 4 is 29.4 Å². The Morgan fingerprint density at radius 1 is 1.00 bits per heavy atom. The van der Waals surface area contributed by atoms with Gasteiger partial charge >= 0.3 is 5.97 Å². The van der Waals surface area contributed by atoms with Gasteiger partial charge in [0.1, 0.15) is 0 Å². The van der Waals surface area contributed by atoms with Crippen LogP contribution in [-0.4, -0.2) is 24.4 Å². The van der Waals surface area contributed by atoms with E-state index in [1.807, 2.05) is 44.2 Å². The molecule has 2 aromatic carbocycles. The first-order chi connectivity index (χ1) is 13.4. The van der Waals surface area contributed by atoms with Crippen LogP contribution in [0.2, 0.25) is 5.02 Å². The van der Waals surface area contributed by atoms with Crippen LogP contribution in [0.1, 0.15) is 42.1 Å². The summed E-state index contributed by atoms with van der Waals surface area (Å²) in [5, 5.41) is 0.502. The van der Waals surface area contributed by atoms with Crippen molar-refractivity contribution < 1.29 is 19.1 Å². The molecule has 2 N–H and O–H groups in total. The Morgan fingerprint density at radius 2 is 1.64 bits per heavy atom. The summed E-state index contributed by atoms with van der Waals surface area (Å²) < 4.78 is 5.18. The van der Waals surface area contributed by atoms with E-state index in [1.54, 1.807) is 12.1 Å². The Hall–Kier alpha value is -2.86. The van der Waals surface area contributed by atoms with Crippen molar-refractivity contribution in [2.45, 2.75) is 26.2 Å². The van der Waals surface area contributed by atoms with Crippen molar-refractivity contribution in [3.63, 3.8) is 0 Å². The Kier molecular flexibility index (Phi) is 8.02. The lowest BCUT2D eigenvalue weighted by atomic mass is 9.86. The van der Waals surface area contributed by atoms with E-state index in [9.17, 15) is 14.4 Å². The molecule has 2 rings (SSSR count). The summed E-state index contributed by atoms with van der Waals surface area (Å²) in [6.45, 7) is 3.47. The van der Waals surface area contributed by atoms with Crippen molar-refractivity contribution in [3.05, 3.63) is 70.7 Å². The first-order valence-electron chi connectivity index (χ1n) is 8.98. The molecule has 0 spiro atoms. The van der Waals surface area contributed by atoms with Crippen LogP contribution in [0.3, 0.4) is 0 Å². The SMILES string of the molecule is CC[C@H](C)[C@H](C(=O)OCC(=O)NNC(=O)c1ccc(Cl)cc1)c1ccccc1. The molecule has 0 unspecified atom stereocenters. The molecule has 0 heterocycles. The number of hydrazine groups is 1. The number of esters is 1. The normalized spacial score (nSPS) is 12.5. The maximum Gasteiger partial charge on any atom is 0.314 e. The minimum atomic E-state index is -0.633. The third kappa shape index (κ3) is 6.09. The van der Waals surface area contributed by atoms with Gasteiger partial charge < -0.3 is 4.74 Å². The second kappa shape index (κ2) is 10.5. The van der Waals surface area contributed by atoms with Gasteiger partial charge in [0.2, 0.25) is 0 Å². The van der Waals surface area contributed by atoms with E-state index in [4.69, 9.17) is 16.3 Å². The maximum atomic E-state index is 12.5. The summed E-state index contributed by atoms with van der Waals surface area (Å²) in [6.07, 6.45) is 0.790. The van der Waals surface area contributed by atoms with Crippen molar-refractivity contribution in [1.82, 2.24) is 10.9 Å². The van der Waals surface area contributed by atoms with Crippen molar-refractivity contribution in [3.8, 4) is 0 Å². The van der Waals surface area contributed by atoms with Gasteiger partial charge in [-0.2, -0.15) is 0 Å². The highest BCUT2D eigenvalue weighted by Gasteiger charge is 2.27. The summed E-state index contributed by atoms with van der Waals surface area (Å²) in [7, 11) is 0. The monoisotopic (exact) mass is 402 g/mol. The molecule has 0 aliphatic heterocycles. The lowest BCUT2D eigenvalue weighted by Crippen LogP contribution is -2.43. The molecule has 0 aromatic heterocycles. The number of rotatable bonds is 7. The van der Waals surface area contributed by atoms with Gasteiger partial charge in [0, 0.05) is 10.6 Å². The van der Waals surface area contributed by atoms with Crippen LogP contribution >= 0.6 is 11.6 Å². The van der Waals surface area contributed by atoms with E-state index >= 15 is 0 Å². The molecular weight excluding hydrogens is 380 g/mol. The zero-order valence-corrected chi connectivity index (χ0v) is 16.5. The molecule has 0 saturated heterocycles. The number of hydrogen-bond donors (Lipinski definition) is 2. The molecule has 2 atom stereocenters. The van der Waals surface area contributed by atoms with Crippen molar-refractivity contribution in [2.24, 2.45) is 5.92 Å². The molecule has 0 fully saturated rings. The zero-order valence-electron chi connectivity index (χ0n) is 15.8. The van der Waals surface area contributed by atoms with Gasteiger partial charge in [-0.15, -0.1) is 0 Å². The topological polar surface area (TPSA) is 84.5 Å². The van der Waals surface area contributed by atoms with Crippen LogP contribution in [0.25, 0.3) is 0 Å². The fourth-order valence-corrected chi connectivity index (χ4v) is 2.78. The zero-order chi connectivity index (χ0) is 20.5. The fourth-order valence-electron chi connectivity index (χ4n) is 2.66. The molecule has 0 aliphatic carbocycles. The highest BCUT2D eigenvalue weighted by atomic mass is 35.5. The van der Waals surface area contributed by atoms with Crippen LogP contribution in [0.5, 0.6) is 0 Å². The van der Waals surface area contributed by atoms with Gasteiger partial charge in [-0.05, 0) is 35.7 Å². The summed E-state index contributed by atoms with van der Waals surface area (Å²) >= 11 is 5.77. The van der Waals surface area contributed by atoms with Crippen LogP contribution in [-0.2, 0) is 14.3 Å². The van der Waals surface area contributed by atoms with Crippen molar-refractivity contribution in [1.29, 1.82) is 0 Å². The minimum Gasteiger partial charge on any atom is -0.455 e. The number of halogens is 1. The predicted molar refractivity (Wildman–Crippen MR) is 107 cm³/mol. The Balaban J connectivity index is 1.87. The van der Waals surface area contributed by atoms with Gasteiger partial charge in [0.15, 0.2) is 6.61 Å². The second-order valence-corrected chi connectivity index (χ2v) is 6.83. The van der Waals surface area contributed by atoms with E-state index in [0.717, 1.165) is 12.0 Å². The van der Waals surface area contributed by atoms with Crippen molar-refractivity contribution in [2.75, 3.05) is 6.61 Å². The average molecular weight is 403 g/mol. The fraction of sp³-hybridized carbons (Fsp3) is 0.286. The van der Waals surface area contributed by atoms with Crippen LogP contribution in [0.15, 0.2) is 54.6 Å². The summed E-state index contributed by atoms with van der Waals surface area (Å²) in [5.74, 6) is -2.00. The molecule has 2 aromatic rings. The summed E-state index contributed by atoms with van der Waals surface area (Å²) in [5.41, 5.74) is 5.67. The standard InChI is InChI=1S/C21H23ClN2O4/c1-3-14(2)19(15-7-5-4-6-8-15)21(27)28-13-18(25)23-24-20(26)16-9-11-17(22)12-10-16/h4-12,14,19H,3,13H2,1-2H3,(H,23,25)(H,24,26)/t14-,19-/m0/s1. The molecular formula is C21H23ClN2O4. The van der Waals surface area contributed by atoms with Gasteiger partial charge in [0.25, 0.3) is 11.8 Å². The van der Waals surface area contributed by atoms with Gasteiger partial charge in [-0.25, -0.2) is 0 Å². The van der Waals surface area contributed by atoms with Crippen LogP contribution in [0, 0.1) is 5.92 Å². The van der Waals surface area contributed by atoms with E-state index in [0.29, 0.717) is 10.6 Å². The highest BCUT2D eigenvalue weighted by Crippen LogP contribution is 2.28. The second-order valence-electron chi connectivity index (χ2n) is 6.39. The van der Waals surface area contributed by atoms with E-state index in [-0.39, 0.29) is 5.92 Å². The number of hydrogen-bond acceptors (Lipinski definition) is 4. The molecule has 0 bridgehead atoms. The summed E-state index contributed by atoms with van der Waals surface area (Å²) in [6, 6.07) is 15.5. The van der Waals surface area contributed by atoms with E-state index < -0.39 is 30.3 Å².